The van der Waals surface area contributed by atoms with Crippen LogP contribution in [0.15, 0.2) is 42.5 Å². The van der Waals surface area contributed by atoms with E-state index in [9.17, 15) is 9.18 Å². The van der Waals surface area contributed by atoms with E-state index >= 15 is 0 Å². The van der Waals surface area contributed by atoms with Gasteiger partial charge in [-0.3, -0.25) is 4.79 Å². The predicted octanol–water partition coefficient (Wildman–Crippen LogP) is 2.30. The van der Waals surface area contributed by atoms with Gasteiger partial charge in [-0.2, -0.15) is 0 Å². The van der Waals surface area contributed by atoms with Crippen LogP contribution in [0.4, 0.5) is 10.1 Å². The first-order valence-corrected chi connectivity index (χ1v) is 5.19. The van der Waals surface area contributed by atoms with Gasteiger partial charge in [-0.1, -0.05) is 0 Å². The average molecular weight is 246 g/mol. The van der Waals surface area contributed by atoms with Gasteiger partial charge in [0.15, 0.2) is 0 Å². The topological polar surface area (TPSA) is 78.3 Å². The second kappa shape index (κ2) is 4.75. The number of amides is 1. The second-order valence-corrected chi connectivity index (χ2v) is 3.68. The third-order valence-corrected chi connectivity index (χ3v) is 2.31. The summed E-state index contributed by atoms with van der Waals surface area (Å²) in [5.74, 6) is -0.351. The zero-order chi connectivity index (χ0) is 13.1. The fourth-order valence-corrected chi connectivity index (χ4v) is 1.46. The number of rotatable bonds is 3. The molecular weight excluding hydrogens is 235 g/mol. The minimum atomic E-state index is -0.618. The van der Waals surface area contributed by atoms with Crippen molar-refractivity contribution in [1.29, 1.82) is 0 Å². The van der Waals surface area contributed by atoms with Crippen molar-refractivity contribution in [3.63, 3.8) is 0 Å². The number of benzene rings is 2. The number of hydrogen-bond acceptors (Lipinski definition) is 3. The Labute approximate surface area is 103 Å². The van der Waals surface area contributed by atoms with Crippen LogP contribution in [0.2, 0.25) is 0 Å². The quantitative estimate of drug-likeness (QED) is 0.815. The summed E-state index contributed by atoms with van der Waals surface area (Å²) in [7, 11) is 0. The van der Waals surface area contributed by atoms with Crippen LogP contribution in [0, 0.1) is 5.82 Å². The van der Waals surface area contributed by atoms with Crippen LogP contribution in [0.5, 0.6) is 11.5 Å². The molecule has 4 nitrogen and oxygen atoms in total. The van der Waals surface area contributed by atoms with Crippen LogP contribution < -0.4 is 16.2 Å². The molecule has 0 atom stereocenters. The Kier molecular flexibility index (Phi) is 3.14. The molecule has 0 aliphatic heterocycles. The Hall–Kier alpha value is -2.56. The fourth-order valence-electron chi connectivity index (χ4n) is 1.46. The number of primary amides is 1. The minimum absolute atomic E-state index is 0.216. The molecule has 0 saturated carbocycles. The molecule has 4 N–H and O–H groups in total. The molecule has 2 aromatic rings. The average Bonchev–Trinajstić information content (AvgIpc) is 2.32. The molecule has 18 heavy (non-hydrogen) atoms. The zero-order valence-corrected chi connectivity index (χ0v) is 9.39. The summed E-state index contributed by atoms with van der Waals surface area (Å²) in [5, 5.41) is 0. The van der Waals surface area contributed by atoms with Gasteiger partial charge >= 0.3 is 0 Å². The molecule has 5 heteroatoms. The number of carbonyl (C=O) groups is 1. The summed E-state index contributed by atoms with van der Waals surface area (Å²) < 4.78 is 18.2. The number of halogens is 1. The van der Waals surface area contributed by atoms with E-state index in [1.807, 2.05) is 0 Å². The molecule has 0 aromatic heterocycles. The Morgan fingerprint density at radius 2 is 1.78 bits per heavy atom. The van der Waals surface area contributed by atoms with E-state index in [4.69, 9.17) is 16.2 Å². The number of ether oxygens (including phenoxy) is 1. The summed E-state index contributed by atoms with van der Waals surface area (Å²) in [6.45, 7) is 0. The number of nitrogen functional groups attached to an aromatic ring is 1. The minimum Gasteiger partial charge on any atom is -0.456 e. The molecule has 1 amide bonds. The maximum Gasteiger partial charge on any atom is 0.252 e. The molecule has 0 saturated heterocycles. The largest absolute Gasteiger partial charge is 0.456 e. The highest BCUT2D eigenvalue weighted by Gasteiger charge is 2.10. The lowest BCUT2D eigenvalue weighted by atomic mass is 10.1. The van der Waals surface area contributed by atoms with E-state index < -0.39 is 5.91 Å². The number of nitrogens with two attached hydrogens (primary N) is 2. The summed E-state index contributed by atoms with van der Waals surface area (Å²) in [4.78, 5) is 11.2. The van der Waals surface area contributed by atoms with Gasteiger partial charge < -0.3 is 16.2 Å². The summed E-state index contributed by atoms with van der Waals surface area (Å²) in [5.41, 5.74) is 11.5. The van der Waals surface area contributed by atoms with Crippen molar-refractivity contribution < 1.29 is 13.9 Å². The molecule has 92 valence electrons. The van der Waals surface area contributed by atoms with Crippen LogP contribution in [0.1, 0.15) is 10.4 Å². The smallest absolute Gasteiger partial charge is 0.252 e. The summed E-state index contributed by atoms with van der Waals surface area (Å²) in [6, 6.07) is 9.93. The van der Waals surface area contributed by atoms with E-state index in [2.05, 4.69) is 0 Å². The van der Waals surface area contributed by atoms with Crippen LogP contribution in [0.25, 0.3) is 0 Å². The zero-order valence-electron chi connectivity index (χ0n) is 9.39. The van der Waals surface area contributed by atoms with E-state index in [1.165, 1.54) is 36.4 Å². The van der Waals surface area contributed by atoms with Gasteiger partial charge in [0.25, 0.3) is 5.91 Å². The normalized spacial score (nSPS) is 10.1. The lowest BCUT2D eigenvalue weighted by Gasteiger charge is -2.09. The molecule has 0 bridgehead atoms. The first-order valence-electron chi connectivity index (χ1n) is 5.19. The number of anilines is 1. The molecule has 0 heterocycles. The first kappa shape index (κ1) is 11.9. The van der Waals surface area contributed by atoms with Gasteiger partial charge in [0.1, 0.15) is 17.3 Å². The molecule has 0 aliphatic rings. The second-order valence-electron chi connectivity index (χ2n) is 3.68. The van der Waals surface area contributed by atoms with Gasteiger partial charge in [-0.15, -0.1) is 0 Å². The maximum absolute atomic E-state index is 12.7. The monoisotopic (exact) mass is 246 g/mol. The first-order chi connectivity index (χ1) is 8.56. The molecule has 0 spiro atoms. The highest BCUT2D eigenvalue weighted by atomic mass is 19.1. The molecule has 2 rings (SSSR count). The molecule has 0 radical (unpaired) electrons. The Bertz CT molecular complexity index is 582. The van der Waals surface area contributed by atoms with Crippen molar-refractivity contribution >= 4 is 11.6 Å². The predicted molar refractivity (Wildman–Crippen MR) is 65.8 cm³/mol. The van der Waals surface area contributed by atoms with Gasteiger partial charge in [-0.25, -0.2) is 4.39 Å². The standard InChI is InChI=1S/C13H11FN2O2/c14-8-1-4-10(5-2-8)18-12-7-9(15)3-6-11(12)13(16)17/h1-7H,15H2,(H2,16,17). The lowest BCUT2D eigenvalue weighted by molar-refractivity contribution is 0.0998. The van der Waals surface area contributed by atoms with Gasteiger partial charge in [-0.05, 0) is 36.4 Å². The molecule has 2 aromatic carbocycles. The fraction of sp³-hybridized carbons (Fsp3) is 0. The van der Waals surface area contributed by atoms with Crippen LogP contribution >= 0.6 is 0 Å². The highest BCUT2D eigenvalue weighted by molar-refractivity contribution is 5.96. The number of carbonyl (C=O) groups excluding carboxylic acids is 1. The van der Waals surface area contributed by atoms with E-state index in [1.54, 1.807) is 6.07 Å². The van der Waals surface area contributed by atoms with Gasteiger partial charge in [0.2, 0.25) is 0 Å². The van der Waals surface area contributed by atoms with Crippen molar-refractivity contribution in [2.45, 2.75) is 0 Å². The van der Waals surface area contributed by atoms with Crippen molar-refractivity contribution in [1.82, 2.24) is 0 Å². The highest BCUT2D eigenvalue weighted by Crippen LogP contribution is 2.27. The van der Waals surface area contributed by atoms with Crippen molar-refractivity contribution in [2.75, 3.05) is 5.73 Å². The maximum atomic E-state index is 12.7. The third kappa shape index (κ3) is 2.57. The Morgan fingerprint density at radius 1 is 1.11 bits per heavy atom. The van der Waals surface area contributed by atoms with Crippen molar-refractivity contribution in [2.24, 2.45) is 5.73 Å². The van der Waals surface area contributed by atoms with Crippen LogP contribution in [-0.4, -0.2) is 5.91 Å². The lowest BCUT2D eigenvalue weighted by Crippen LogP contribution is -2.12. The SMILES string of the molecule is NC(=O)c1ccc(N)cc1Oc1ccc(F)cc1. The molecular formula is C13H11FN2O2. The van der Waals surface area contributed by atoms with Crippen LogP contribution in [-0.2, 0) is 0 Å². The van der Waals surface area contributed by atoms with E-state index in [-0.39, 0.29) is 17.1 Å². The van der Waals surface area contributed by atoms with E-state index in [0.29, 0.717) is 11.4 Å². The Morgan fingerprint density at radius 3 is 2.39 bits per heavy atom. The van der Waals surface area contributed by atoms with Crippen molar-refractivity contribution in [3.05, 3.63) is 53.8 Å². The van der Waals surface area contributed by atoms with Crippen molar-refractivity contribution in [3.8, 4) is 11.5 Å². The van der Waals surface area contributed by atoms with Crippen LogP contribution in [0.3, 0.4) is 0 Å². The van der Waals surface area contributed by atoms with E-state index in [0.717, 1.165) is 0 Å². The number of hydrogen-bond donors (Lipinski definition) is 2. The summed E-state index contributed by atoms with van der Waals surface area (Å²) >= 11 is 0. The summed E-state index contributed by atoms with van der Waals surface area (Å²) in [6.07, 6.45) is 0. The third-order valence-electron chi connectivity index (χ3n) is 2.31. The van der Waals surface area contributed by atoms with Gasteiger partial charge in [0.05, 0.1) is 5.56 Å². The van der Waals surface area contributed by atoms with Gasteiger partial charge in [0, 0.05) is 11.8 Å². The molecule has 0 fully saturated rings. The molecule has 0 aliphatic carbocycles. The molecule has 0 unspecified atom stereocenters. The Balaban J connectivity index is 2.35.